The number of rotatable bonds is 9. The van der Waals surface area contributed by atoms with Crippen molar-refractivity contribution in [3.8, 4) is 0 Å². The molecular weight excluding hydrogens is 366 g/mol. The highest BCUT2D eigenvalue weighted by Gasteiger charge is 2.30. The summed E-state index contributed by atoms with van der Waals surface area (Å²) in [6, 6.07) is 4.62. The van der Waals surface area contributed by atoms with Gasteiger partial charge >= 0.3 is 11.9 Å². The van der Waals surface area contributed by atoms with Crippen molar-refractivity contribution in [2.24, 2.45) is 0 Å². The van der Waals surface area contributed by atoms with Gasteiger partial charge in [0.2, 0.25) is 10.0 Å². The summed E-state index contributed by atoms with van der Waals surface area (Å²) in [6.07, 6.45) is 1.76. The predicted octanol–water partition coefficient (Wildman–Crippen LogP) is 1.82. The predicted molar refractivity (Wildman–Crippen MR) is 96.1 cm³/mol. The molecular formula is C16H23NO6S2. The lowest BCUT2D eigenvalue weighted by Crippen LogP contribution is -2.43. The fourth-order valence-corrected chi connectivity index (χ4v) is 3.89. The fraction of sp³-hybridized carbons (Fsp3) is 0.500. The van der Waals surface area contributed by atoms with Crippen LogP contribution in [0.1, 0.15) is 30.6 Å². The number of sulfonamides is 1. The molecule has 1 rings (SSSR count). The molecule has 0 fully saturated rings. The highest BCUT2D eigenvalue weighted by atomic mass is 32.2. The van der Waals surface area contributed by atoms with E-state index in [9.17, 15) is 18.0 Å². The first-order valence-electron chi connectivity index (χ1n) is 7.62. The van der Waals surface area contributed by atoms with Gasteiger partial charge in [-0.25, -0.2) is 13.2 Å². The minimum Gasteiger partial charge on any atom is -0.465 e. The molecule has 0 amide bonds. The van der Waals surface area contributed by atoms with Crippen LogP contribution in [-0.4, -0.2) is 51.6 Å². The second-order valence-electron chi connectivity index (χ2n) is 5.43. The molecule has 0 aliphatic rings. The Hall–Kier alpha value is -1.58. The molecule has 0 aromatic heterocycles. The average Bonchev–Trinajstić information content (AvgIpc) is 2.57. The number of esters is 2. The smallest absolute Gasteiger partial charge is 0.339 e. The zero-order valence-electron chi connectivity index (χ0n) is 14.6. The van der Waals surface area contributed by atoms with Crippen LogP contribution in [0, 0.1) is 0 Å². The summed E-state index contributed by atoms with van der Waals surface area (Å²) < 4.78 is 37.5. The standard InChI is InChI=1S/C16H23NO6S2/c1-11(2)23-16(19)13(9-10-24-4)17-25(20,21)14-8-6-5-7-12(14)15(18)22-3/h5-8,11,13,17H,9-10H2,1-4H3. The maximum absolute atomic E-state index is 12.7. The Morgan fingerprint density at radius 3 is 2.44 bits per heavy atom. The molecule has 25 heavy (non-hydrogen) atoms. The van der Waals surface area contributed by atoms with Gasteiger partial charge in [-0.15, -0.1) is 0 Å². The van der Waals surface area contributed by atoms with Gasteiger partial charge in [-0.3, -0.25) is 4.79 Å². The molecule has 1 unspecified atom stereocenters. The number of thioether (sulfide) groups is 1. The SMILES string of the molecule is COC(=O)c1ccccc1S(=O)(=O)NC(CCSC)C(=O)OC(C)C. The first-order chi connectivity index (χ1) is 11.7. The van der Waals surface area contributed by atoms with Crippen LogP contribution in [0.4, 0.5) is 0 Å². The monoisotopic (exact) mass is 389 g/mol. The molecule has 0 saturated carbocycles. The number of nitrogens with one attached hydrogen (secondary N) is 1. The van der Waals surface area contributed by atoms with E-state index in [2.05, 4.69) is 9.46 Å². The number of hydrogen-bond acceptors (Lipinski definition) is 7. The Balaban J connectivity index is 3.14. The van der Waals surface area contributed by atoms with E-state index in [1.165, 1.54) is 43.1 Å². The summed E-state index contributed by atoms with van der Waals surface area (Å²) in [4.78, 5) is 23.8. The minimum atomic E-state index is -4.12. The number of hydrogen-bond donors (Lipinski definition) is 1. The van der Waals surface area contributed by atoms with Gasteiger partial charge in [-0.05, 0) is 44.4 Å². The Morgan fingerprint density at radius 2 is 1.88 bits per heavy atom. The molecule has 0 aliphatic carbocycles. The molecule has 140 valence electrons. The molecule has 9 heteroatoms. The van der Waals surface area contributed by atoms with Crippen LogP contribution in [0.2, 0.25) is 0 Å². The highest BCUT2D eigenvalue weighted by molar-refractivity contribution is 7.98. The van der Waals surface area contributed by atoms with E-state index >= 15 is 0 Å². The molecule has 0 bridgehead atoms. The number of methoxy groups -OCH3 is 1. The minimum absolute atomic E-state index is 0.0988. The van der Waals surface area contributed by atoms with Crippen molar-refractivity contribution in [3.05, 3.63) is 29.8 Å². The van der Waals surface area contributed by atoms with Crippen molar-refractivity contribution in [2.75, 3.05) is 19.1 Å². The number of carbonyl (C=O) groups excluding carboxylic acids is 2. The summed E-state index contributed by atoms with van der Waals surface area (Å²) >= 11 is 1.48. The summed E-state index contributed by atoms with van der Waals surface area (Å²) in [5.74, 6) is -0.853. The Bertz CT molecular complexity index is 702. The van der Waals surface area contributed by atoms with Crippen molar-refractivity contribution in [3.63, 3.8) is 0 Å². The van der Waals surface area contributed by atoms with E-state index in [0.717, 1.165) is 0 Å². The lowest BCUT2D eigenvalue weighted by atomic mass is 10.2. The van der Waals surface area contributed by atoms with Crippen LogP contribution in [0.25, 0.3) is 0 Å². The third kappa shape index (κ3) is 6.33. The average molecular weight is 389 g/mol. The van der Waals surface area contributed by atoms with E-state index in [4.69, 9.17) is 4.74 Å². The van der Waals surface area contributed by atoms with Gasteiger partial charge in [-0.1, -0.05) is 12.1 Å². The number of benzene rings is 1. The molecule has 0 spiro atoms. The zero-order valence-corrected chi connectivity index (χ0v) is 16.3. The largest absolute Gasteiger partial charge is 0.465 e. The maximum atomic E-state index is 12.7. The molecule has 1 aromatic carbocycles. The van der Waals surface area contributed by atoms with Gasteiger partial charge in [-0.2, -0.15) is 16.5 Å². The maximum Gasteiger partial charge on any atom is 0.339 e. The Labute approximate surface area is 152 Å². The lowest BCUT2D eigenvalue weighted by Gasteiger charge is -2.19. The van der Waals surface area contributed by atoms with Gasteiger partial charge in [0.15, 0.2) is 0 Å². The lowest BCUT2D eigenvalue weighted by molar-refractivity contribution is -0.149. The summed E-state index contributed by atoms with van der Waals surface area (Å²) in [5, 5.41) is 0. The van der Waals surface area contributed by atoms with E-state index in [0.29, 0.717) is 5.75 Å². The van der Waals surface area contributed by atoms with Crippen LogP contribution in [0.3, 0.4) is 0 Å². The molecule has 0 aliphatic heterocycles. The second kappa shape index (κ2) is 9.79. The van der Waals surface area contributed by atoms with Gasteiger partial charge in [0, 0.05) is 0 Å². The third-order valence-electron chi connectivity index (χ3n) is 3.13. The van der Waals surface area contributed by atoms with Crippen molar-refractivity contribution < 1.29 is 27.5 Å². The van der Waals surface area contributed by atoms with Crippen LogP contribution in [-0.2, 0) is 24.3 Å². The van der Waals surface area contributed by atoms with Gasteiger partial charge in [0.05, 0.1) is 23.7 Å². The van der Waals surface area contributed by atoms with Crippen molar-refractivity contribution in [1.82, 2.24) is 4.72 Å². The summed E-state index contributed by atoms with van der Waals surface area (Å²) in [6.45, 7) is 3.37. The van der Waals surface area contributed by atoms with Crippen LogP contribution in [0.15, 0.2) is 29.2 Å². The van der Waals surface area contributed by atoms with Crippen LogP contribution in [0.5, 0.6) is 0 Å². The van der Waals surface area contributed by atoms with Crippen molar-refractivity contribution in [2.45, 2.75) is 37.3 Å². The van der Waals surface area contributed by atoms with Crippen molar-refractivity contribution >= 4 is 33.7 Å². The Morgan fingerprint density at radius 1 is 1.24 bits per heavy atom. The van der Waals surface area contributed by atoms with E-state index in [1.807, 2.05) is 6.26 Å². The first-order valence-corrected chi connectivity index (χ1v) is 10.5. The molecule has 1 N–H and O–H groups in total. The van der Waals surface area contributed by atoms with Crippen LogP contribution >= 0.6 is 11.8 Å². The summed E-state index contributed by atoms with van der Waals surface area (Å²) in [7, 11) is -2.95. The zero-order chi connectivity index (χ0) is 19.0. The van der Waals surface area contributed by atoms with Crippen LogP contribution < -0.4 is 4.72 Å². The molecule has 0 heterocycles. The topological polar surface area (TPSA) is 98.8 Å². The normalized spacial score (nSPS) is 12.7. The quantitative estimate of drug-likeness (QED) is 0.643. The summed E-state index contributed by atoms with van der Waals surface area (Å²) in [5.41, 5.74) is -0.0988. The second-order valence-corrected chi connectivity index (χ2v) is 8.10. The number of ether oxygens (including phenoxy) is 2. The molecule has 0 radical (unpaired) electrons. The van der Waals surface area contributed by atoms with E-state index in [1.54, 1.807) is 13.8 Å². The molecule has 1 aromatic rings. The number of carbonyl (C=O) groups is 2. The molecule has 0 saturated heterocycles. The Kier molecular flexibility index (Phi) is 8.40. The van der Waals surface area contributed by atoms with E-state index in [-0.39, 0.29) is 23.0 Å². The molecule has 1 atom stereocenters. The van der Waals surface area contributed by atoms with Gasteiger partial charge in [0.1, 0.15) is 6.04 Å². The van der Waals surface area contributed by atoms with Crippen molar-refractivity contribution in [1.29, 1.82) is 0 Å². The highest BCUT2D eigenvalue weighted by Crippen LogP contribution is 2.18. The van der Waals surface area contributed by atoms with Gasteiger partial charge in [0.25, 0.3) is 0 Å². The van der Waals surface area contributed by atoms with Gasteiger partial charge < -0.3 is 9.47 Å². The van der Waals surface area contributed by atoms with E-state index < -0.39 is 28.0 Å². The fourth-order valence-electron chi connectivity index (χ4n) is 2.01. The third-order valence-corrected chi connectivity index (χ3v) is 5.30. The molecule has 7 nitrogen and oxygen atoms in total. The first kappa shape index (κ1) is 21.5.